The second-order valence-corrected chi connectivity index (χ2v) is 5.63. The third-order valence-corrected chi connectivity index (χ3v) is 2.65. The van der Waals surface area contributed by atoms with Gasteiger partial charge in [0.25, 0.3) is 0 Å². The summed E-state index contributed by atoms with van der Waals surface area (Å²) in [5, 5.41) is 7.97. The van der Waals surface area contributed by atoms with Crippen LogP contribution in [0.15, 0.2) is 10.9 Å². The number of hydrogen-bond donors (Lipinski definition) is 2. The molecule has 0 fully saturated rings. The molecule has 0 radical (unpaired) electrons. The minimum Gasteiger partial charge on any atom is -0.444 e. The molecule has 0 unspecified atom stereocenters. The van der Waals surface area contributed by atoms with Crippen molar-refractivity contribution in [2.24, 2.45) is 0 Å². The molecule has 0 bridgehead atoms. The smallest absolute Gasteiger partial charge is 0.407 e. The van der Waals surface area contributed by atoms with Gasteiger partial charge in [-0.15, -0.1) is 11.3 Å². The van der Waals surface area contributed by atoms with Crippen molar-refractivity contribution in [2.75, 3.05) is 19.6 Å². The maximum absolute atomic E-state index is 11.3. The average molecular weight is 271 g/mol. The van der Waals surface area contributed by atoms with Crippen molar-refractivity contribution in [3.05, 3.63) is 16.6 Å². The van der Waals surface area contributed by atoms with Crippen LogP contribution in [0, 0.1) is 0 Å². The van der Waals surface area contributed by atoms with Gasteiger partial charge in [0.05, 0.1) is 11.2 Å². The Kier molecular flexibility index (Phi) is 6.07. The van der Waals surface area contributed by atoms with Gasteiger partial charge in [-0.25, -0.2) is 9.78 Å². The Bertz CT molecular complexity index is 347. The van der Waals surface area contributed by atoms with Crippen molar-refractivity contribution in [3.63, 3.8) is 0 Å². The van der Waals surface area contributed by atoms with E-state index in [0.29, 0.717) is 6.54 Å². The van der Waals surface area contributed by atoms with Crippen LogP contribution < -0.4 is 10.6 Å². The minimum absolute atomic E-state index is 0.371. The lowest BCUT2D eigenvalue weighted by atomic mass is 10.2. The van der Waals surface area contributed by atoms with Gasteiger partial charge in [-0.05, 0) is 20.8 Å². The number of carbonyl (C=O) groups is 1. The normalized spacial score (nSPS) is 11.3. The Morgan fingerprint density at radius 3 is 2.78 bits per heavy atom. The Hall–Kier alpha value is -1.14. The van der Waals surface area contributed by atoms with Crippen LogP contribution >= 0.6 is 11.3 Å². The molecule has 6 heteroatoms. The molecule has 1 heterocycles. The molecular formula is C12H21N3O2S. The number of alkyl carbamates (subject to hydrolysis) is 1. The standard InChI is InChI=1S/C12H21N3O2S/c1-12(2,3)17-11(16)14-7-6-13-5-4-10-8-18-9-15-10/h8-9,13H,4-7H2,1-3H3,(H,14,16). The lowest BCUT2D eigenvalue weighted by molar-refractivity contribution is 0.0528. The zero-order chi connectivity index (χ0) is 13.4. The molecule has 1 aromatic heterocycles. The minimum atomic E-state index is -0.442. The lowest BCUT2D eigenvalue weighted by Crippen LogP contribution is -2.36. The first-order chi connectivity index (χ1) is 8.47. The average Bonchev–Trinajstić information content (AvgIpc) is 2.73. The Morgan fingerprint density at radius 1 is 1.39 bits per heavy atom. The SMILES string of the molecule is CC(C)(C)OC(=O)NCCNCCc1cscn1. The van der Waals surface area contributed by atoms with Gasteiger partial charge in [-0.2, -0.15) is 0 Å². The summed E-state index contributed by atoms with van der Waals surface area (Å²) in [5.41, 5.74) is 2.49. The van der Waals surface area contributed by atoms with E-state index in [9.17, 15) is 4.79 Å². The van der Waals surface area contributed by atoms with Crippen LogP contribution in [-0.2, 0) is 11.2 Å². The second kappa shape index (κ2) is 7.33. The third-order valence-electron chi connectivity index (χ3n) is 2.01. The van der Waals surface area contributed by atoms with E-state index in [-0.39, 0.29) is 6.09 Å². The molecule has 0 aliphatic carbocycles. The van der Waals surface area contributed by atoms with Gasteiger partial charge in [-0.1, -0.05) is 0 Å². The highest BCUT2D eigenvalue weighted by molar-refractivity contribution is 7.07. The van der Waals surface area contributed by atoms with Crippen molar-refractivity contribution in [3.8, 4) is 0 Å². The summed E-state index contributed by atoms with van der Waals surface area (Å²) in [7, 11) is 0. The van der Waals surface area contributed by atoms with Gasteiger partial charge in [0.15, 0.2) is 0 Å². The zero-order valence-electron chi connectivity index (χ0n) is 11.2. The Labute approximate surface area is 112 Å². The number of nitrogens with one attached hydrogen (secondary N) is 2. The monoisotopic (exact) mass is 271 g/mol. The lowest BCUT2D eigenvalue weighted by Gasteiger charge is -2.19. The number of carbonyl (C=O) groups excluding carboxylic acids is 1. The summed E-state index contributed by atoms with van der Waals surface area (Å²) in [6, 6.07) is 0. The number of thiazole rings is 1. The topological polar surface area (TPSA) is 63.2 Å². The molecule has 1 amide bonds. The molecule has 0 aliphatic heterocycles. The van der Waals surface area contributed by atoms with Crippen molar-refractivity contribution >= 4 is 17.4 Å². The first-order valence-corrected chi connectivity index (χ1v) is 6.96. The van der Waals surface area contributed by atoms with Crippen LogP contribution in [0.25, 0.3) is 0 Å². The molecule has 102 valence electrons. The number of amides is 1. The summed E-state index contributed by atoms with van der Waals surface area (Å²) in [6.07, 6.45) is 0.541. The summed E-state index contributed by atoms with van der Waals surface area (Å²) in [4.78, 5) is 15.5. The molecule has 1 aromatic rings. The van der Waals surface area contributed by atoms with Gasteiger partial charge in [0.2, 0.25) is 0 Å². The number of ether oxygens (including phenoxy) is 1. The van der Waals surface area contributed by atoms with Crippen LogP contribution in [0.3, 0.4) is 0 Å². The first kappa shape index (κ1) is 14.9. The number of hydrogen-bond acceptors (Lipinski definition) is 5. The zero-order valence-corrected chi connectivity index (χ0v) is 12.0. The first-order valence-electron chi connectivity index (χ1n) is 6.02. The van der Waals surface area contributed by atoms with Crippen LogP contribution in [0.5, 0.6) is 0 Å². The molecule has 0 atom stereocenters. The fraction of sp³-hybridized carbons (Fsp3) is 0.667. The molecule has 0 aromatic carbocycles. The Morgan fingerprint density at radius 2 is 2.17 bits per heavy atom. The maximum Gasteiger partial charge on any atom is 0.407 e. The van der Waals surface area contributed by atoms with Gasteiger partial charge in [0, 0.05) is 31.4 Å². The van der Waals surface area contributed by atoms with Gasteiger partial charge < -0.3 is 15.4 Å². The highest BCUT2D eigenvalue weighted by Gasteiger charge is 2.15. The van der Waals surface area contributed by atoms with E-state index >= 15 is 0 Å². The van der Waals surface area contributed by atoms with Crippen molar-refractivity contribution in [1.29, 1.82) is 0 Å². The molecule has 0 saturated heterocycles. The summed E-state index contributed by atoms with van der Waals surface area (Å²) in [6.45, 7) is 7.69. The number of nitrogens with zero attached hydrogens (tertiary/aromatic N) is 1. The molecule has 0 spiro atoms. The fourth-order valence-corrected chi connectivity index (χ4v) is 1.86. The van der Waals surface area contributed by atoms with Crippen molar-refractivity contribution in [1.82, 2.24) is 15.6 Å². The highest BCUT2D eigenvalue weighted by atomic mass is 32.1. The summed E-state index contributed by atoms with van der Waals surface area (Å²) < 4.78 is 5.12. The van der Waals surface area contributed by atoms with Crippen LogP contribution in [0.1, 0.15) is 26.5 Å². The quantitative estimate of drug-likeness (QED) is 0.774. The Balaban J connectivity index is 1.97. The summed E-state index contributed by atoms with van der Waals surface area (Å²) >= 11 is 1.60. The van der Waals surface area contributed by atoms with Crippen LogP contribution in [0.2, 0.25) is 0 Å². The molecule has 0 saturated carbocycles. The van der Waals surface area contributed by atoms with Crippen LogP contribution in [0.4, 0.5) is 4.79 Å². The van der Waals surface area contributed by atoms with E-state index in [1.807, 2.05) is 31.7 Å². The third kappa shape index (κ3) is 7.24. The van der Waals surface area contributed by atoms with Crippen LogP contribution in [-0.4, -0.2) is 36.3 Å². The molecule has 2 N–H and O–H groups in total. The number of rotatable bonds is 6. The molecule has 1 rings (SSSR count). The molecule has 18 heavy (non-hydrogen) atoms. The van der Waals surface area contributed by atoms with E-state index < -0.39 is 5.60 Å². The second-order valence-electron chi connectivity index (χ2n) is 4.91. The van der Waals surface area contributed by atoms with E-state index in [0.717, 1.165) is 25.2 Å². The van der Waals surface area contributed by atoms with E-state index in [2.05, 4.69) is 15.6 Å². The molecule has 0 aliphatic rings. The largest absolute Gasteiger partial charge is 0.444 e. The maximum atomic E-state index is 11.3. The van der Waals surface area contributed by atoms with Crippen molar-refractivity contribution in [2.45, 2.75) is 32.8 Å². The van der Waals surface area contributed by atoms with E-state index in [1.54, 1.807) is 11.3 Å². The predicted octanol–water partition coefficient (Wildman–Crippen LogP) is 1.80. The molecule has 5 nitrogen and oxygen atoms in total. The summed E-state index contributed by atoms with van der Waals surface area (Å²) in [5.74, 6) is 0. The highest BCUT2D eigenvalue weighted by Crippen LogP contribution is 2.06. The predicted molar refractivity (Wildman–Crippen MR) is 72.9 cm³/mol. The van der Waals surface area contributed by atoms with E-state index in [4.69, 9.17) is 4.74 Å². The fourth-order valence-electron chi connectivity index (χ4n) is 1.27. The van der Waals surface area contributed by atoms with Crippen molar-refractivity contribution < 1.29 is 9.53 Å². The van der Waals surface area contributed by atoms with Gasteiger partial charge >= 0.3 is 6.09 Å². The van der Waals surface area contributed by atoms with E-state index in [1.165, 1.54) is 0 Å². The van der Waals surface area contributed by atoms with Gasteiger partial charge in [-0.3, -0.25) is 0 Å². The number of aromatic nitrogens is 1. The van der Waals surface area contributed by atoms with Gasteiger partial charge in [0.1, 0.15) is 5.60 Å². The molecular weight excluding hydrogens is 250 g/mol.